The molecular weight excluding hydrogens is 531 g/mol. The number of halogens is 3. The molecule has 0 spiro atoms. The average molecular weight is 564 g/mol. The second-order valence-electron chi connectivity index (χ2n) is 9.48. The minimum atomic E-state index is -5.08. The lowest BCUT2D eigenvalue weighted by Gasteiger charge is -2.23. The molecular formula is C33H32F3NO4. The maximum Gasteiger partial charge on any atom is 0.490 e. The highest BCUT2D eigenvalue weighted by Crippen LogP contribution is 2.21. The summed E-state index contributed by atoms with van der Waals surface area (Å²) in [7, 11) is 0. The quantitative estimate of drug-likeness (QED) is 0.199. The summed E-state index contributed by atoms with van der Waals surface area (Å²) in [5.41, 5.74) is 6.49. The predicted octanol–water partition coefficient (Wildman–Crippen LogP) is 7.36. The largest absolute Gasteiger partial charge is 0.490 e. The minimum absolute atomic E-state index is 0.310. The van der Waals surface area contributed by atoms with Crippen molar-refractivity contribution in [2.24, 2.45) is 0 Å². The fourth-order valence-corrected chi connectivity index (χ4v) is 4.22. The summed E-state index contributed by atoms with van der Waals surface area (Å²) in [6.45, 7) is 3.00. The molecule has 4 aromatic carbocycles. The summed E-state index contributed by atoms with van der Waals surface area (Å²) in [5.74, 6) is -3.66. The molecule has 4 aromatic rings. The van der Waals surface area contributed by atoms with Gasteiger partial charge in [0, 0.05) is 13.1 Å². The number of alkyl halides is 3. The van der Waals surface area contributed by atoms with E-state index in [1.165, 1.54) is 16.7 Å². The lowest BCUT2D eigenvalue weighted by atomic mass is 10.0. The van der Waals surface area contributed by atoms with Crippen LogP contribution >= 0.6 is 0 Å². The van der Waals surface area contributed by atoms with Crippen molar-refractivity contribution in [3.63, 3.8) is 0 Å². The van der Waals surface area contributed by atoms with Gasteiger partial charge in [-0.2, -0.15) is 13.2 Å². The van der Waals surface area contributed by atoms with Gasteiger partial charge in [0.05, 0.1) is 5.56 Å². The number of hydrogen-bond acceptors (Lipinski definition) is 3. The number of aliphatic carboxylic acids is 1. The minimum Gasteiger partial charge on any atom is -0.478 e. The van der Waals surface area contributed by atoms with Gasteiger partial charge in [0.15, 0.2) is 0 Å². The Morgan fingerprint density at radius 1 is 0.610 bits per heavy atom. The van der Waals surface area contributed by atoms with Crippen molar-refractivity contribution < 1.29 is 33.0 Å². The van der Waals surface area contributed by atoms with Crippen molar-refractivity contribution in [2.75, 3.05) is 13.1 Å². The first-order valence-electron chi connectivity index (χ1n) is 13.1. The summed E-state index contributed by atoms with van der Waals surface area (Å²) in [4.78, 5) is 22.5. The van der Waals surface area contributed by atoms with Gasteiger partial charge in [-0.1, -0.05) is 97.1 Å². The lowest BCUT2D eigenvalue weighted by Crippen LogP contribution is -2.27. The Kier molecular flexibility index (Phi) is 11.7. The number of nitrogens with zero attached hydrogens (tertiary/aromatic N) is 1. The van der Waals surface area contributed by atoms with Crippen molar-refractivity contribution in [1.82, 2.24) is 4.90 Å². The second-order valence-corrected chi connectivity index (χ2v) is 9.48. The van der Waals surface area contributed by atoms with Crippen molar-refractivity contribution in [3.05, 3.63) is 131 Å². The number of aromatic carboxylic acids is 1. The van der Waals surface area contributed by atoms with Crippen LogP contribution in [0.15, 0.2) is 109 Å². The average Bonchev–Trinajstić information content (AvgIpc) is 2.97. The standard InChI is InChI=1S/C31H31NO2.C2HF3O2/c33-31(34)30-19-17-29(18-20-30)28-15-13-27(14-16-28)24-32(23-21-26-10-5-2-6-11-26)22-7-12-25-8-3-1-4-9-25;3-2(4,5)1(6)7/h1-6,8-11,13-20H,7,12,21-24H2,(H,33,34);(H,6,7). The van der Waals surface area contributed by atoms with Crippen LogP contribution in [0.3, 0.4) is 0 Å². The highest BCUT2D eigenvalue weighted by Gasteiger charge is 2.38. The first kappa shape index (κ1) is 31.1. The van der Waals surface area contributed by atoms with Gasteiger partial charge >= 0.3 is 18.1 Å². The Morgan fingerprint density at radius 2 is 1.07 bits per heavy atom. The second kappa shape index (κ2) is 15.4. The molecule has 0 unspecified atom stereocenters. The van der Waals surface area contributed by atoms with E-state index in [2.05, 4.69) is 89.8 Å². The molecule has 0 atom stereocenters. The number of hydrogen-bond donors (Lipinski definition) is 2. The smallest absolute Gasteiger partial charge is 0.478 e. The number of rotatable bonds is 11. The van der Waals surface area contributed by atoms with Gasteiger partial charge in [-0.3, -0.25) is 4.90 Å². The maximum atomic E-state index is 11.1. The summed E-state index contributed by atoms with van der Waals surface area (Å²) >= 11 is 0. The first-order chi connectivity index (χ1) is 19.6. The molecule has 41 heavy (non-hydrogen) atoms. The topological polar surface area (TPSA) is 77.8 Å². The summed E-state index contributed by atoms with van der Waals surface area (Å²) in [6.07, 6.45) is -1.82. The molecule has 4 rings (SSSR count). The number of benzene rings is 4. The first-order valence-corrected chi connectivity index (χ1v) is 13.1. The van der Waals surface area contributed by atoms with E-state index >= 15 is 0 Å². The molecule has 214 valence electrons. The fraction of sp³-hybridized carbons (Fsp3) is 0.212. The van der Waals surface area contributed by atoms with Gasteiger partial charge in [0.25, 0.3) is 0 Å². The van der Waals surface area contributed by atoms with Crippen LogP contribution in [0.5, 0.6) is 0 Å². The third-order valence-electron chi connectivity index (χ3n) is 6.41. The van der Waals surface area contributed by atoms with E-state index in [0.717, 1.165) is 50.0 Å². The monoisotopic (exact) mass is 563 g/mol. The Balaban J connectivity index is 0.000000587. The molecule has 2 N–H and O–H groups in total. The van der Waals surface area contributed by atoms with E-state index in [4.69, 9.17) is 15.0 Å². The Morgan fingerprint density at radius 3 is 1.54 bits per heavy atom. The van der Waals surface area contributed by atoms with Crippen LogP contribution in [-0.2, 0) is 24.2 Å². The predicted molar refractivity (Wildman–Crippen MR) is 153 cm³/mol. The molecule has 0 fully saturated rings. The van der Waals surface area contributed by atoms with E-state index in [0.29, 0.717) is 5.56 Å². The van der Waals surface area contributed by atoms with Crippen LogP contribution < -0.4 is 0 Å². The molecule has 0 aliphatic carbocycles. The van der Waals surface area contributed by atoms with Crippen LogP contribution in [0.4, 0.5) is 13.2 Å². The normalized spacial score (nSPS) is 11.0. The molecule has 0 heterocycles. The molecule has 5 nitrogen and oxygen atoms in total. The molecule has 0 amide bonds. The van der Waals surface area contributed by atoms with Crippen LogP contribution in [0, 0.1) is 0 Å². The molecule has 8 heteroatoms. The van der Waals surface area contributed by atoms with Gasteiger partial charge in [0.1, 0.15) is 0 Å². The summed E-state index contributed by atoms with van der Waals surface area (Å²) in [5, 5.41) is 16.2. The maximum absolute atomic E-state index is 11.1. The summed E-state index contributed by atoms with van der Waals surface area (Å²) in [6, 6.07) is 37.1. The van der Waals surface area contributed by atoms with Crippen molar-refractivity contribution in [1.29, 1.82) is 0 Å². The number of aryl methyl sites for hydroxylation is 1. The van der Waals surface area contributed by atoms with Gasteiger partial charge in [-0.05, 0) is 65.8 Å². The number of carbonyl (C=O) groups is 2. The molecule has 0 saturated heterocycles. The fourth-order valence-electron chi connectivity index (χ4n) is 4.22. The zero-order valence-corrected chi connectivity index (χ0v) is 22.4. The van der Waals surface area contributed by atoms with Crippen LogP contribution in [-0.4, -0.2) is 46.3 Å². The van der Waals surface area contributed by atoms with E-state index < -0.39 is 18.1 Å². The Labute approximate surface area is 237 Å². The van der Waals surface area contributed by atoms with Gasteiger partial charge in [-0.25, -0.2) is 9.59 Å². The number of carboxylic acids is 2. The third-order valence-corrected chi connectivity index (χ3v) is 6.41. The van der Waals surface area contributed by atoms with Crippen molar-refractivity contribution >= 4 is 11.9 Å². The van der Waals surface area contributed by atoms with Crippen molar-refractivity contribution in [3.8, 4) is 11.1 Å². The molecule has 0 saturated carbocycles. The lowest BCUT2D eigenvalue weighted by molar-refractivity contribution is -0.192. The molecule has 0 aliphatic rings. The molecule has 0 aromatic heterocycles. The summed E-state index contributed by atoms with van der Waals surface area (Å²) < 4.78 is 31.7. The third kappa shape index (κ3) is 10.9. The zero-order chi connectivity index (χ0) is 29.7. The highest BCUT2D eigenvalue weighted by atomic mass is 19.4. The Hall–Kier alpha value is -4.43. The van der Waals surface area contributed by atoms with Gasteiger partial charge < -0.3 is 10.2 Å². The highest BCUT2D eigenvalue weighted by molar-refractivity contribution is 5.88. The number of carboxylic acid groups (broad SMARTS) is 2. The molecule has 0 aliphatic heterocycles. The zero-order valence-electron chi connectivity index (χ0n) is 22.4. The molecule has 0 bridgehead atoms. The van der Waals surface area contributed by atoms with E-state index in [-0.39, 0.29) is 0 Å². The van der Waals surface area contributed by atoms with Gasteiger partial charge in [0.2, 0.25) is 0 Å². The van der Waals surface area contributed by atoms with E-state index in [1.54, 1.807) is 12.1 Å². The van der Waals surface area contributed by atoms with E-state index in [9.17, 15) is 18.0 Å². The van der Waals surface area contributed by atoms with Crippen LogP contribution in [0.2, 0.25) is 0 Å². The van der Waals surface area contributed by atoms with E-state index in [1.807, 2.05) is 12.1 Å². The van der Waals surface area contributed by atoms with Crippen LogP contribution in [0.1, 0.15) is 33.5 Å². The van der Waals surface area contributed by atoms with Crippen LogP contribution in [0.25, 0.3) is 11.1 Å². The SMILES string of the molecule is O=C(O)C(F)(F)F.O=C(O)c1ccc(-c2ccc(CN(CCCc3ccccc3)CCc3ccccc3)cc2)cc1. The Bertz CT molecular complexity index is 1360. The van der Waals surface area contributed by atoms with Gasteiger partial charge in [-0.15, -0.1) is 0 Å². The molecule has 0 radical (unpaired) electrons. The van der Waals surface area contributed by atoms with Crippen molar-refractivity contribution in [2.45, 2.75) is 32.0 Å².